The van der Waals surface area contributed by atoms with E-state index >= 15 is 0 Å². The Kier molecular flexibility index (Phi) is 5.74. The first-order valence-corrected chi connectivity index (χ1v) is 7.94. The van der Waals surface area contributed by atoms with Crippen molar-refractivity contribution in [3.63, 3.8) is 0 Å². The van der Waals surface area contributed by atoms with Gasteiger partial charge in [-0.3, -0.25) is 4.79 Å². The second kappa shape index (κ2) is 7.78. The van der Waals surface area contributed by atoms with Gasteiger partial charge >= 0.3 is 0 Å². The molecule has 0 saturated heterocycles. The molecule has 2 aromatic rings. The molecule has 0 bridgehead atoms. The number of hydrogen-bond acceptors (Lipinski definition) is 5. The minimum absolute atomic E-state index is 0.0514. The minimum Gasteiger partial charge on any atom is -0.358 e. The molecule has 21 heavy (non-hydrogen) atoms. The van der Waals surface area contributed by atoms with Crippen LogP contribution in [-0.2, 0) is 11.2 Å². The highest BCUT2D eigenvalue weighted by molar-refractivity contribution is 7.99. The average molecular weight is 305 g/mol. The van der Waals surface area contributed by atoms with Crippen molar-refractivity contribution >= 4 is 17.7 Å². The highest BCUT2D eigenvalue weighted by Crippen LogP contribution is 2.18. The van der Waals surface area contributed by atoms with Crippen LogP contribution in [0.15, 0.2) is 29.4 Å². The van der Waals surface area contributed by atoms with Crippen molar-refractivity contribution in [3.05, 3.63) is 29.8 Å². The van der Waals surface area contributed by atoms with Gasteiger partial charge in [-0.25, -0.2) is 0 Å². The van der Waals surface area contributed by atoms with Gasteiger partial charge in [0.25, 0.3) is 0 Å². The highest BCUT2D eigenvalue weighted by atomic mass is 32.2. The molecule has 1 N–H and O–H groups in total. The summed E-state index contributed by atoms with van der Waals surface area (Å²) in [5.41, 5.74) is 2.22. The Hall–Kier alpha value is -1.89. The molecule has 1 amide bonds. The molecule has 0 atom stereocenters. The maximum absolute atomic E-state index is 11.3. The lowest BCUT2D eigenvalue weighted by Crippen LogP contribution is -2.20. The Balaban J connectivity index is 2.07. The van der Waals surface area contributed by atoms with E-state index in [1.54, 1.807) is 11.7 Å². The van der Waals surface area contributed by atoms with Gasteiger partial charge in [0.2, 0.25) is 11.1 Å². The second-order valence-electron chi connectivity index (χ2n) is 4.61. The predicted octanol–water partition coefficient (Wildman–Crippen LogP) is 1.84. The minimum atomic E-state index is -0.0514. The first-order valence-electron chi connectivity index (χ1n) is 6.95. The zero-order valence-electron chi connectivity index (χ0n) is 12.2. The van der Waals surface area contributed by atoms with Gasteiger partial charge in [0.1, 0.15) is 0 Å². The van der Waals surface area contributed by atoms with Crippen molar-refractivity contribution in [1.29, 1.82) is 0 Å². The largest absolute Gasteiger partial charge is 0.358 e. The van der Waals surface area contributed by atoms with Gasteiger partial charge in [-0.05, 0) is 41.0 Å². The van der Waals surface area contributed by atoms with Gasteiger partial charge in [0.05, 0.1) is 11.4 Å². The molecule has 0 aliphatic rings. The van der Waals surface area contributed by atoms with E-state index in [0.29, 0.717) is 10.9 Å². The summed E-state index contributed by atoms with van der Waals surface area (Å²) in [4.78, 5) is 11.3. The van der Waals surface area contributed by atoms with Crippen LogP contribution in [0.3, 0.4) is 0 Å². The molecular weight excluding hydrogens is 286 g/mol. The molecule has 1 aromatic carbocycles. The van der Waals surface area contributed by atoms with Crippen LogP contribution in [0.4, 0.5) is 0 Å². The van der Waals surface area contributed by atoms with Gasteiger partial charge in [-0.15, -0.1) is 5.10 Å². The molecular formula is C14H19N5OS. The van der Waals surface area contributed by atoms with Crippen LogP contribution >= 0.6 is 11.8 Å². The first kappa shape index (κ1) is 15.5. The van der Waals surface area contributed by atoms with Crippen LogP contribution in [0.2, 0.25) is 0 Å². The molecule has 0 aliphatic carbocycles. The van der Waals surface area contributed by atoms with E-state index in [2.05, 4.69) is 39.9 Å². The summed E-state index contributed by atoms with van der Waals surface area (Å²) in [6.07, 6.45) is 3.47. The van der Waals surface area contributed by atoms with Crippen molar-refractivity contribution in [1.82, 2.24) is 25.5 Å². The number of nitrogens with one attached hydrogen (secondary N) is 1. The monoisotopic (exact) mass is 305 g/mol. The lowest BCUT2D eigenvalue weighted by Gasteiger charge is -2.05. The number of aryl methyl sites for hydroxylation is 1. The molecule has 6 nitrogen and oxygen atoms in total. The van der Waals surface area contributed by atoms with Crippen LogP contribution in [-0.4, -0.2) is 38.9 Å². The van der Waals surface area contributed by atoms with Crippen LogP contribution < -0.4 is 5.32 Å². The van der Waals surface area contributed by atoms with E-state index in [-0.39, 0.29) is 5.91 Å². The number of rotatable bonds is 7. The van der Waals surface area contributed by atoms with Gasteiger partial charge in [-0.2, -0.15) is 4.68 Å². The number of unbranched alkanes of at least 4 members (excludes halogenated alkanes) is 1. The number of hydrogen-bond donors (Lipinski definition) is 1. The fourth-order valence-electron chi connectivity index (χ4n) is 1.82. The molecule has 0 radical (unpaired) electrons. The Morgan fingerprint density at radius 1 is 1.33 bits per heavy atom. The Bertz CT molecular complexity index is 581. The molecule has 1 heterocycles. The average Bonchev–Trinajstić information content (AvgIpc) is 2.99. The Labute approximate surface area is 128 Å². The Morgan fingerprint density at radius 2 is 2.10 bits per heavy atom. The number of aromatic nitrogens is 4. The zero-order valence-corrected chi connectivity index (χ0v) is 13.1. The fraction of sp³-hybridized carbons (Fsp3) is 0.429. The van der Waals surface area contributed by atoms with Crippen LogP contribution in [0, 0.1) is 0 Å². The number of nitrogens with zero attached hydrogens (tertiary/aromatic N) is 4. The summed E-state index contributed by atoms with van der Waals surface area (Å²) < 4.78 is 1.65. The van der Waals surface area contributed by atoms with Crippen LogP contribution in [0.5, 0.6) is 0 Å². The summed E-state index contributed by atoms with van der Waals surface area (Å²) in [6.45, 7) is 2.19. The molecule has 0 aliphatic heterocycles. The van der Waals surface area contributed by atoms with Crippen LogP contribution in [0.1, 0.15) is 25.3 Å². The third-order valence-corrected chi connectivity index (χ3v) is 3.97. The van der Waals surface area contributed by atoms with E-state index in [9.17, 15) is 4.79 Å². The summed E-state index contributed by atoms with van der Waals surface area (Å²) in [6, 6.07) is 8.20. The summed E-state index contributed by atoms with van der Waals surface area (Å²) in [5.74, 6) is 0.246. The topological polar surface area (TPSA) is 72.7 Å². The van der Waals surface area contributed by atoms with E-state index in [0.717, 1.165) is 12.1 Å². The summed E-state index contributed by atoms with van der Waals surface area (Å²) >= 11 is 1.31. The highest BCUT2D eigenvalue weighted by Gasteiger charge is 2.10. The second-order valence-corrected chi connectivity index (χ2v) is 5.55. The van der Waals surface area contributed by atoms with Gasteiger partial charge in [-0.1, -0.05) is 37.2 Å². The molecule has 0 fully saturated rings. The number of amides is 1. The van der Waals surface area contributed by atoms with Gasteiger partial charge in [0, 0.05) is 7.05 Å². The van der Waals surface area contributed by atoms with Crippen molar-refractivity contribution < 1.29 is 4.79 Å². The smallest absolute Gasteiger partial charge is 0.230 e. The quantitative estimate of drug-likeness (QED) is 0.790. The third kappa shape index (κ3) is 4.29. The van der Waals surface area contributed by atoms with Crippen molar-refractivity contribution in [2.45, 2.75) is 31.3 Å². The third-order valence-electron chi connectivity index (χ3n) is 3.05. The maximum Gasteiger partial charge on any atom is 0.230 e. The predicted molar refractivity (Wildman–Crippen MR) is 82.6 cm³/mol. The standard InChI is InChI=1S/C14H19N5OS/c1-3-4-5-11-6-8-12(9-7-11)19-14(16-17-18-19)21-10-13(20)15-2/h6-9H,3-5,10H2,1-2H3,(H,15,20). The van der Waals surface area contributed by atoms with Gasteiger partial charge in [0.15, 0.2) is 0 Å². The normalized spacial score (nSPS) is 10.6. The lowest BCUT2D eigenvalue weighted by atomic mass is 10.1. The summed E-state index contributed by atoms with van der Waals surface area (Å²) in [7, 11) is 1.61. The molecule has 2 rings (SSSR count). The van der Waals surface area contributed by atoms with Crippen molar-refractivity contribution in [2.75, 3.05) is 12.8 Å². The van der Waals surface area contributed by atoms with E-state index in [1.807, 2.05) is 12.1 Å². The molecule has 1 aromatic heterocycles. The molecule has 0 unspecified atom stereocenters. The van der Waals surface area contributed by atoms with Gasteiger partial charge < -0.3 is 5.32 Å². The molecule has 112 valence electrons. The van der Waals surface area contributed by atoms with E-state index < -0.39 is 0 Å². The van der Waals surface area contributed by atoms with Crippen molar-refractivity contribution in [2.24, 2.45) is 0 Å². The van der Waals surface area contributed by atoms with Crippen molar-refractivity contribution in [3.8, 4) is 5.69 Å². The molecule has 0 spiro atoms. The number of benzene rings is 1. The number of carbonyl (C=O) groups excluding carboxylic acids is 1. The molecule has 7 heteroatoms. The summed E-state index contributed by atoms with van der Waals surface area (Å²) in [5, 5.41) is 14.8. The lowest BCUT2D eigenvalue weighted by molar-refractivity contribution is -0.118. The SMILES string of the molecule is CCCCc1ccc(-n2nnnc2SCC(=O)NC)cc1. The first-order chi connectivity index (χ1) is 10.2. The zero-order chi connectivity index (χ0) is 15.1. The number of carbonyl (C=O) groups is 1. The number of thioether (sulfide) groups is 1. The number of tetrazole rings is 1. The Morgan fingerprint density at radius 3 is 2.76 bits per heavy atom. The fourth-order valence-corrected chi connectivity index (χ4v) is 2.58. The van der Waals surface area contributed by atoms with E-state index in [4.69, 9.17) is 0 Å². The van der Waals surface area contributed by atoms with Crippen LogP contribution in [0.25, 0.3) is 5.69 Å². The molecule has 0 saturated carbocycles. The maximum atomic E-state index is 11.3. The van der Waals surface area contributed by atoms with E-state index in [1.165, 1.54) is 30.2 Å².